The van der Waals surface area contributed by atoms with E-state index in [0.717, 1.165) is 12.1 Å². The average molecular weight is 501 g/mol. The van der Waals surface area contributed by atoms with Gasteiger partial charge in [0.05, 0.1) is 4.90 Å². The predicted octanol–water partition coefficient (Wildman–Crippen LogP) is 7.25. The van der Waals surface area contributed by atoms with Crippen LogP contribution in [-0.2, 0) is 9.23 Å². The van der Waals surface area contributed by atoms with Crippen molar-refractivity contribution in [3.05, 3.63) is 72.3 Å². The lowest BCUT2D eigenvalue weighted by Gasteiger charge is -2.20. The van der Waals surface area contributed by atoms with E-state index in [1.807, 2.05) is 0 Å². The number of ether oxygens (including phenoxy) is 1. The van der Waals surface area contributed by atoms with Gasteiger partial charge in [-0.1, -0.05) is 48.5 Å². The minimum Gasteiger partial charge on any atom is -0.402 e. The van der Waals surface area contributed by atoms with Crippen LogP contribution in [0.4, 0.5) is 22.0 Å². The Morgan fingerprint density at radius 1 is 0.800 bits per heavy atom. The molecule has 154 valence electrons. The smallest absolute Gasteiger partial charge is 0.402 e. The summed E-state index contributed by atoms with van der Waals surface area (Å²) in [6.45, 7) is 0. The van der Waals surface area contributed by atoms with E-state index in [9.17, 15) is 26.2 Å². The van der Waals surface area contributed by atoms with Crippen molar-refractivity contribution >= 4 is 45.6 Å². The Morgan fingerprint density at radius 3 is 1.83 bits per heavy atom. The highest BCUT2D eigenvalue weighted by atomic mass is 79.9. The summed E-state index contributed by atoms with van der Waals surface area (Å²) in [5, 5.41) is 1.11. The maximum atomic E-state index is 14.9. The van der Waals surface area contributed by atoms with Crippen LogP contribution in [0.5, 0.6) is 5.75 Å². The molecule has 0 heterocycles. The Bertz CT molecular complexity index is 1320. The number of alkyl halides is 3. The lowest BCUT2D eigenvalue weighted by molar-refractivity contribution is -0.275. The zero-order valence-electron chi connectivity index (χ0n) is 14.8. The van der Waals surface area contributed by atoms with E-state index in [2.05, 4.69) is 19.5 Å². The summed E-state index contributed by atoms with van der Waals surface area (Å²) in [6, 6.07) is 14.4. The number of hydrogen-bond donors (Lipinski definition) is 0. The largest absolute Gasteiger partial charge is 0.573 e. The molecular weight excluding hydrogens is 491 g/mol. The molecule has 0 saturated heterocycles. The van der Waals surface area contributed by atoms with Crippen molar-refractivity contribution in [1.29, 1.82) is 0 Å². The molecule has 0 spiro atoms. The second kappa shape index (κ2) is 7.63. The Hall–Kier alpha value is -2.52. The Balaban J connectivity index is 2.27. The van der Waals surface area contributed by atoms with E-state index >= 15 is 0 Å². The van der Waals surface area contributed by atoms with Crippen molar-refractivity contribution in [1.82, 2.24) is 0 Å². The SMILES string of the molecule is O=S(Br)c1c(F)cc2ccccc2c1-c1c(OC(F)(F)F)c(F)cc2ccccc12. The topological polar surface area (TPSA) is 26.3 Å². The van der Waals surface area contributed by atoms with Gasteiger partial charge in [-0.15, -0.1) is 13.2 Å². The molecule has 0 bridgehead atoms. The molecule has 0 N–H and O–H groups in total. The predicted molar refractivity (Wildman–Crippen MR) is 109 cm³/mol. The van der Waals surface area contributed by atoms with Crippen molar-refractivity contribution < 1.29 is 30.9 Å². The molecule has 0 fully saturated rings. The third-order valence-electron chi connectivity index (χ3n) is 4.54. The van der Waals surface area contributed by atoms with Crippen LogP contribution >= 0.6 is 14.8 Å². The van der Waals surface area contributed by atoms with Crippen molar-refractivity contribution in [2.24, 2.45) is 0 Å². The maximum absolute atomic E-state index is 14.9. The first-order valence-electron chi connectivity index (χ1n) is 8.44. The molecule has 1 unspecified atom stereocenters. The number of hydrogen-bond acceptors (Lipinski definition) is 2. The molecule has 4 aromatic carbocycles. The van der Waals surface area contributed by atoms with Crippen molar-refractivity contribution in [3.8, 4) is 16.9 Å². The molecule has 2 nitrogen and oxygen atoms in total. The molecule has 0 aromatic heterocycles. The van der Waals surface area contributed by atoms with Gasteiger partial charge < -0.3 is 4.74 Å². The van der Waals surface area contributed by atoms with Crippen LogP contribution in [0.2, 0.25) is 0 Å². The summed E-state index contributed by atoms with van der Waals surface area (Å²) >= 11 is 2.81. The lowest BCUT2D eigenvalue weighted by Crippen LogP contribution is -2.19. The molecule has 9 heteroatoms. The second-order valence-corrected chi connectivity index (χ2v) is 8.96. The third-order valence-corrected chi connectivity index (χ3v) is 6.23. The van der Waals surface area contributed by atoms with E-state index in [4.69, 9.17) is 0 Å². The van der Waals surface area contributed by atoms with Crippen molar-refractivity contribution in [2.75, 3.05) is 0 Å². The summed E-state index contributed by atoms with van der Waals surface area (Å²) in [4.78, 5) is -0.406. The second-order valence-electron chi connectivity index (χ2n) is 6.34. The van der Waals surface area contributed by atoms with Crippen molar-refractivity contribution in [3.63, 3.8) is 0 Å². The zero-order chi connectivity index (χ0) is 21.6. The van der Waals surface area contributed by atoms with E-state index in [1.165, 1.54) is 18.2 Å². The summed E-state index contributed by atoms with van der Waals surface area (Å²) < 4.78 is 85.5. The Labute approximate surface area is 176 Å². The molecule has 0 amide bonds. The van der Waals surface area contributed by atoms with E-state index in [0.29, 0.717) is 10.8 Å². The van der Waals surface area contributed by atoms with Gasteiger partial charge in [-0.3, -0.25) is 0 Å². The van der Waals surface area contributed by atoms with Gasteiger partial charge in [0, 0.05) is 25.9 Å². The molecule has 4 rings (SSSR count). The normalized spacial score (nSPS) is 13.0. The summed E-state index contributed by atoms with van der Waals surface area (Å²) in [5.41, 5.74) is -0.475. The molecule has 30 heavy (non-hydrogen) atoms. The Morgan fingerprint density at radius 2 is 1.30 bits per heavy atom. The molecule has 0 aliphatic rings. The number of halogens is 6. The first-order valence-corrected chi connectivity index (χ1v) is 11.4. The van der Waals surface area contributed by atoms with Gasteiger partial charge in [0.2, 0.25) is 0 Å². The van der Waals surface area contributed by atoms with Crippen LogP contribution in [0.25, 0.3) is 32.7 Å². The average Bonchev–Trinajstić information content (AvgIpc) is 2.66. The molecule has 0 aliphatic carbocycles. The highest BCUT2D eigenvalue weighted by Gasteiger charge is 2.35. The summed E-state index contributed by atoms with van der Waals surface area (Å²) in [6.07, 6.45) is -5.20. The minimum atomic E-state index is -5.20. The van der Waals surface area contributed by atoms with Gasteiger partial charge in [0.1, 0.15) is 15.1 Å². The van der Waals surface area contributed by atoms with Gasteiger partial charge in [0.25, 0.3) is 0 Å². The standard InChI is InChI=1S/C21H10BrF5O2S/c22-30(28)20-16(24)10-12-6-2-4-8-14(12)18(20)17-13-7-3-1-5-11(13)9-15(23)19(17)29-21(25,26)27/h1-10H. The van der Waals surface area contributed by atoms with Crippen LogP contribution in [0.15, 0.2) is 65.6 Å². The molecular formula is C21H10BrF5O2S. The molecule has 1 atom stereocenters. The summed E-state index contributed by atoms with van der Waals surface area (Å²) in [7, 11) is -2.11. The fourth-order valence-corrected chi connectivity index (χ4v) is 4.99. The third kappa shape index (κ3) is 3.67. The van der Waals surface area contributed by atoms with E-state index in [1.54, 1.807) is 30.3 Å². The Kier molecular flexibility index (Phi) is 5.27. The van der Waals surface area contributed by atoms with Crippen LogP contribution in [0.3, 0.4) is 0 Å². The van der Waals surface area contributed by atoms with E-state index < -0.39 is 37.9 Å². The monoisotopic (exact) mass is 500 g/mol. The fourth-order valence-electron chi connectivity index (χ4n) is 3.46. The highest BCUT2D eigenvalue weighted by Crippen LogP contribution is 2.47. The quantitative estimate of drug-likeness (QED) is 0.218. The first-order chi connectivity index (χ1) is 14.2. The number of fused-ring (bicyclic) bond motifs is 2. The number of rotatable bonds is 3. The molecule has 4 aromatic rings. The highest BCUT2D eigenvalue weighted by molar-refractivity contribution is 9.46. The van der Waals surface area contributed by atoms with Gasteiger partial charge in [0.15, 0.2) is 11.6 Å². The van der Waals surface area contributed by atoms with Gasteiger partial charge in [-0.25, -0.2) is 13.0 Å². The fraction of sp³-hybridized carbons (Fsp3) is 0.0476. The zero-order valence-corrected chi connectivity index (χ0v) is 17.2. The molecule has 0 aliphatic heterocycles. The summed E-state index contributed by atoms with van der Waals surface area (Å²) in [5.74, 6) is -3.30. The maximum Gasteiger partial charge on any atom is 0.573 e. The number of benzene rings is 4. The van der Waals surface area contributed by atoms with Gasteiger partial charge >= 0.3 is 6.36 Å². The lowest BCUT2D eigenvalue weighted by atomic mass is 9.92. The van der Waals surface area contributed by atoms with E-state index in [-0.39, 0.29) is 21.9 Å². The van der Waals surface area contributed by atoms with Gasteiger partial charge in [-0.2, -0.15) is 0 Å². The van der Waals surface area contributed by atoms with Crippen LogP contribution in [-0.4, -0.2) is 10.6 Å². The first kappa shape index (κ1) is 20.7. The molecule has 0 radical (unpaired) electrons. The van der Waals surface area contributed by atoms with Crippen LogP contribution in [0, 0.1) is 11.6 Å². The van der Waals surface area contributed by atoms with Crippen molar-refractivity contribution in [2.45, 2.75) is 11.3 Å². The van der Waals surface area contributed by atoms with Crippen LogP contribution < -0.4 is 4.74 Å². The minimum absolute atomic E-state index is 0.143. The molecule has 0 saturated carbocycles. The van der Waals surface area contributed by atoms with Gasteiger partial charge in [-0.05, 0) is 33.7 Å². The van der Waals surface area contributed by atoms with Crippen LogP contribution in [0.1, 0.15) is 0 Å².